The van der Waals surface area contributed by atoms with Crippen molar-refractivity contribution in [2.45, 2.75) is 19.4 Å². The minimum Gasteiger partial charge on any atom is -0.481 e. The second kappa shape index (κ2) is 7.14. The van der Waals surface area contributed by atoms with Gasteiger partial charge < -0.3 is 9.47 Å². The zero-order chi connectivity index (χ0) is 17.1. The normalized spacial score (nSPS) is 17.2. The van der Waals surface area contributed by atoms with Gasteiger partial charge in [0.2, 0.25) is 23.6 Å². The number of anilines is 1. The standard InChI is InChI=1S/C16H20N4O3S/c1-10-11-5-7-24-12(11)4-6-20(10)9-13(21)17-16-18-14(22-2)8-15(19-16)23-3/h5,7-8,10H,4,6,9H2,1-3H3,(H,17,18,19,21). The number of rotatable bonds is 5. The Hall–Kier alpha value is -2.19. The van der Waals surface area contributed by atoms with Gasteiger partial charge in [-0.3, -0.25) is 15.0 Å². The number of fused-ring (bicyclic) bond motifs is 1. The van der Waals surface area contributed by atoms with Crippen molar-refractivity contribution in [3.05, 3.63) is 28.0 Å². The quantitative estimate of drug-likeness (QED) is 0.892. The third-order valence-electron chi connectivity index (χ3n) is 4.10. The van der Waals surface area contributed by atoms with Crippen molar-refractivity contribution in [3.63, 3.8) is 0 Å². The van der Waals surface area contributed by atoms with E-state index in [0.29, 0.717) is 18.3 Å². The van der Waals surface area contributed by atoms with Gasteiger partial charge in [0.15, 0.2) is 0 Å². The summed E-state index contributed by atoms with van der Waals surface area (Å²) >= 11 is 1.79. The molecule has 2 aromatic heterocycles. The number of methoxy groups -OCH3 is 2. The average molecular weight is 348 g/mol. The molecule has 0 fully saturated rings. The van der Waals surface area contributed by atoms with Crippen molar-refractivity contribution in [2.24, 2.45) is 0 Å². The molecule has 3 rings (SSSR count). The molecule has 1 amide bonds. The maximum Gasteiger partial charge on any atom is 0.240 e. The molecule has 128 valence electrons. The van der Waals surface area contributed by atoms with Gasteiger partial charge >= 0.3 is 0 Å². The van der Waals surface area contributed by atoms with Crippen molar-refractivity contribution < 1.29 is 14.3 Å². The van der Waals surface area contributed by atoms with Crippen LogP contribution < -0.4 is 14.8 Å². The number of carbonyl (C=O) groups excluding carboxylic acids is 1. The molecular formula is C16H20N4O3S. The fraction of sp³-hybridized carbons (Fsp3) is 0.438. The van der Waals surface area contributed by atoms with Gasteiger partial charge in [-0.15, -0.1) is 11.3 Å². The summed E-state index contributed by atoms with van der Waals surface area (Å²) in [4.78, 5) is 24.2. The zero-order valence-corrected chi connectivity index (χ0v) is 14.7. The van der Waals surface area contributed by atoms with E-state index in [2.05, 4.69) is 38.6 Å². The molecular weight excluding hydrogens is 328 g/mol. The Bertz CT molecular complexity index is 712. The highest BCUT2D eigenvalue weighted by Gasteiger charge is 2.26. The Balaban J connectivity index is 1.66. The van der Waals surface area contributed by atoms with Gasteiger partial charge in [0.05, 0.1) is 26.8 Å². The summed E-state index contributed by atoms with van der Waals surface area (Å²) in [5.74, 6) is 0.700. The summed E-state index contributed by atoms with van der Waals surface area (Å²) in [6.45, 7) is 3.28. The van der Waals surface area contributed by atoms with Crippen molar-refractivity contribution >= 4 is 23.2 Å². The number of hydrogen-bond acceptors (Lipinski definition) is 7. The Morgan fingerprint density at radius 2 is 2.08 bits per heavy atom. The first-order valence-electron chi connectivity index (χ1n) is 7.68. The lowest BCUT2D eigenvalue weighted by Crippen LogP contribution is -2.39. The third-order valence-corrected chi connectivity index (χ3v) is 5.10. The van der Waals surface area contributed by atoms with Crippen LogP contribution in [0.4, 0.5) is 5.95 Å². The summed E-state index contributed by atoms with van der Waals surface area (Å²) in [6, 6.07) is 3.93. The zero-order valence-electron chi connectivity index (χ0n) is 13.9. The fourth-order valence-corrected chi connectivity index (χ4v) is 3.76. The SMILES string of the molecule is COc1cc(OC)nc(NC(=O)CN2CCc3sccc3C2C)n1. The highest BCUT2D eigenvalue weighted by molar-refractivity contribution is 7.10. The number of nitrogens with one attached hydrogen (secondary N) is 1. The van der Waals surface area contributed by atoms with Gasteiger partial charge in [0.25, 0.3) is 0 Å². The maximum atomic E-state index is 12.4. The molecule has 0 spiro atoms. The first-order chi connectivity index (χ1) is 11.6. The van der Waals surface area contributed by atoms with Gasteiger partial charge in [0.1, 0.15) is 0 Å². The number of carbonyl (C=O) groups is 1. The molecule has 0 radical (unpaired) electrons. The molecule has 0 saturated heterocycles. The Labute approximate surface area is 144 Å². The van der Waals surface area contributed by atoms with E-state index in [0.717, 1.165) is 13.0 Å². The smallest absolute Gasteiger partial charge is 0.240 e. The molecule has 0 bridgehead atoms. The van der Waals surface area contributed by atoms with Crippen LogP contribution in [0.1, 0.15) is 23.4 Å². The number of hydrogen-bond donors (Lipinski definition) is 1. The largest absolute Gasteiger partial charge is 0.481 e. The Kier molecular flexibility index (Phi) is 4.96. The second-order valence-electron chi connectivity index (χ2n) is 5.52. The van der Waals surface area contributed by atoms with Crippen molar-refractivity contribution in [1.29, 1.82) is 0 Å². The lowest BCUT2D eigenvalue weighted by Gasteiger charge is -2.32. The van der Waals surface area contributed by atoms with Crippen LogP contribution in [-0.4, -0.2) is 48.1 Å². The van der Waals surface area contributed by atoms with Crippen LogP contribution in [0, 0.1) is 0 Å². The lowest BCUT2D eigenvalue weighted by atomic mass is 10.0. The molecule has 2 aromatic rings. The fourth-order valence-electron chi connectivity index (χ4n) is 2.80. The highest BCUT2D eigenvalue weighted by atomic mass is 32.1. The molecule has 3 heterocycles. The molecule has 8 heteroatoms. The molecule has 7 nitrogen and oxygen atoms in total. The number of thiophene rings is 1. The van der Waals surface area contributed by atoms with Crippen molar-refractivity contribution in [3.8, 4) is 11.8 Å². The summed E-state index contributed by atoms with van der Waals surface area (Å²) in [7, 11) is 3.00. The highest BCUT2D eigenvalue weighted by Crippen LogP contribution is 2.32. The predicted molar refractivity (Wildman–Crippen MR) is 91.8 cm³/mol. The van der Waals surface area contributed by atoms with Gasteiger partial charge in [-0.2, -0.15) is 9.97 Å². The van der Waals surface area contributed by atoms with Crippen LogP contribution >= 0.6 is 11.3 Å². The number of nitrogens with zero attached hydrogens (tertiary/aromatic N) is 3. The van der Waals surface area contributed by atoms with E-state index in [1.54, 1.807) is 17.4 Å². The van der Waals surface area contributed by atoms with Crippen LogP contribution in [0.3, 0.4) is 0 Å². The maximum absolute atomic E-state index is 12.4. The minimum absolute atomic E-state index is 0.157. The summed E-state index contributed by atoms with van der Waals surface area (Å²) in [5, 5.41) is 4.83. The molecule has 1 N–H and O–H groups in total. The summed E-state index contributed by atoms with van der Waals surface area (Å²) in [6.07, 6.45) is 0.980. The lowest BCUT2D eigenvalue weighted by molar-refractivity contribution is -0.118. The molecule has 1 atom stereocenters. The monoisotopic (exact) mass is 348 g/mol. The summed E-state index contributed by atoms with van der Waals surface area (Å²) < 4.78 is 10.2. The predicted octanol–water partition coefficient (Wildman–Crippen LogP) is 2.11. The Morgan fingerprint density at radius 3 is 2.75 bits per heavy atom. The summed E-state index contributed by atoms with van der Waals surface area (Å²) in [5.41, 5.74) is 1.32. The van der Waals surface area contributed by atoms with E-state index < -0.39 is 0 Å². The van der Waals surface area contributed by atoms with Gasteiger partial charge in [-0.25, -0.2) is 0 Å². The minimum atomic E-state index is -0.157. The molecule has 1 unspecified atom stereocenters. The molecule has 24 heavy (non-hydrogen) atoms. The van der Waals surface area contributed by atoms with Crippen LogP contribution in [0.5, 0.6) is 11.8 Å². The van der Waals surface area contributed by atoms with E-state index >= 15 is 0 Å². The van der Waals surface area contributed by atoms with Gasteiger partial charge in [0, 0.05) is 17.5 Å². The molecule has 1 aliphatic heterocycles. The van der Waals surface area contributed by atoms with E-state index in [1.165, 1.54) is 24.7 Å². The molecule has 1 aliphatic rings. The first-order valence-corrected chi connectivity index (χ1v) is 8.56. The number of amides is 1. The number of aromatic nitrogens is 2. The number of ether oxygens (including phenoxy) is 2. The third kappa shape index (κ3) is 3.49. The van der Waals surface area contributed by atoms with Crippen molar-refractivity contribution in [1.82, 2.24) is 14.9 Å². The van der Waals surface area contributed by atoms with E-state index in [9.17, 15) is 4.79 Å². The molecule has 0 aromatic carbocycles. The van der Waals surface area contributed by atoms with Gasteiger partial charge in [-0.1, -0.05) is 0 Å². The second-order valence-corrected chi connectivity index (χ2v) is 6.52. The van der Waals surface area contributed by atoms with Crippen molar-refractivity contribution in [2.75, 3.05) is 32.6 Å². The Morgan fingerprint density at radius 1 is 1.38 bits per heavy atom. The van der Waals surface area contributed by atoms with Crippen LogP contribution in [0.15, 0.2) is 17.5 Å². The van der Waals surface area contributed by atoms with Crippen LogP contribution in [0.2, 0.25) is 0 Å². The van der Waals surface area contributed by atoms with E-state index in [-0.39, 0.29) is 17.9 Å². The topological polar surface area (TPSA) is 76.6 Å². The van der Waals surface area contributed by atoms with Gasteiger partial charge in [-0.05, 0) is 30.4 Å². The van der Waals surface area contributed by atoms with E-state index in [4.69, 9.17) is 9.47 Å². The molecule has 0 aliphatic carbocycles. The van der Waals surface area contributed by atoms with Crippen LogP contribution in [-0.2, 0) is 11.2 Å². The molecule has 0 saturated carbocycles. The van der Waals surface area contributed by atoms with E-state index in [1.807, 2.05) is 0 Å². The average Bonchev–Trinajstić information content (AvgIpc) is 3.06. The van der Waals surface area contributed by atoms with Crippen LogP contribution in [0.25, 0.3) is 0 Å². The first kappa shape index (κ1) is 16.7.